The number of methoxy groups -OCH3 is 1. The largest absolute Gasteiger partial charge is 0.468 e. The summed E-state index contributed by atoms with van der Waals surface area (Å²) in [6, 6.07) is 3.20. The van der Waals surface area contributed by atoms with Crippen LogP contribution in [0.3, 0.4) is 0 Å². The zero-order chi connectivity index (χ0) is 15.2. The molecule has 6 nitrogen and oxygen atoms in total. The van der Waals surface area contributed by atoms with E-state index in [9.17, 15) is 9.59 Å². The molecule has 1 aliphatic heterocycles. The molecule has 0 radical (unpaired) electrons. The Labute approximate surface area is 132 Å². The van der Waals surface area contributed by atoms with Gasteiger partial charge in [-0.05, 0) is 47.4 Å². The van der Waals surface area contributed by atoms with E-state index in [1.54, 1.807) is 18.3 Å². The summed E-state index contributed by atoms with van der Waals surface area (Å²) in [6.07, 6.45) is 4.31. The van der Waals surface area contributed by atoms with E-state index >= 15 is 0 Å². The third-order valence-electron chi connectivity index (χ3n) is 3.43. The van der Waals surface area contributed by atoms with Crippen molar-refractivity contribution in [2.75, 3.05) is 25.5 Å². The first-order chi connectivity index (χ1) is 10.1. The molecule has 0 saturated carbocycles. The minimum Gasteiger partial charge on any atom is -0.468 e. The first kappa shape index (κ1) is 15.9. The molecular weight excluding hydrogens is 338 g/mol. The molecule has 1 saturated heterocycles. The van der Waals surface area contributed by atoms with Gasteiger partial charge in [-0.3, -0.25) is 14.5 Å². The number of rotatable bonds is 4. The minimum atomic E-state index is -0.327. The van der Waals surface area contributed by atoms with Gasteiger partial charge in [-0.2, -0.15) is 0 Å². The number of nitrogens with zero attached hydrogens (tertiary/aromatic N) is 2. The van der Waals surface area contributed by atoms with Gasteiger partial charge < -0.3 is 10.1 Å². The topological polar surface area (TPSA) is 71.5 Å². The second-order valence-electron chi connectivity index (χ2n) is 4.92. The molecule has 0 aliphatic carbocycles. The number of ether oxygens (including phenoxy) is 1. The third kappa shape index (κ3) is 4.50. The number of anilines is 1. The molecule has 2 rings (SSSR count). The molecule has 0 bridgehead atoms. The van der Waals surface area contributed by atoms with Crippen LogP contribution in [0.1, 0.15) is 19.3 Å². The van der Waals surface area contributed by atoms with Crippen molar-refractivity contribution in [1.82, 2.24) is 9.88 Å². The van der Waals surface area contributed by atoms with Crippen LogP contribution in [0.25, 0.3) is 0 Å². The summed E-state index contributed by atoms with van der Waals surface area (Å²) in [6.45, 7) is 0.887. The summed E-state index contributed by atoms with van der Waals surface area (Å²) in [5, 5.41) is 2.73. The van der Waals surface area contributed by atoms with Gasteiger partial charge in [0.15, 0.2) is 0 Å². The highest BCUT2D eigenvalue weighted by Crippen LogP contribution is 2.18. The maximum absolute atomic E-state index is 12.1. The highest BCUT2D eigenvalue weighted by atomic mass is 79.9. The summed E-state index contributed by atoms with van der Waals surface area (Å²) in [4.78, 5) is 29.8. The van der Waals surface area contributed by atoms with Crippen molar-refractivity contribution in [2.24, 2.45) is 0 Å². The zero-order valence-corrected chi connectivity index (χ0v) is 13.4. The lowest BCUT2D eigenvalue weighted by Gasteiger charge is -2.32. The molecule has 1 fully saturated rings. The van der Waals surface area contributed by atoms with Crippen LogP contribution < -0.4 is 5.32 Å². The predicted molar refractivity (Wildman–Crippen MR) is 81.8 cm³/mol. The smallest absolute Gasteiger partial charge is 0.323 e. The van der Waals surface area contributed by atoms with Crippen LogP contribution in [-0.4, -0.2) is 48.0 Å². The summed E-state index contributed by atoms with van der Waals surface area (Å²) in [5.74, 6) is 0.0414. The number of halogens is 1. The fourth-order valence-electron chi connectivity index (χ4n) is 2.40. The Hall–Kier alpha value is -1.47. The molecule has 1 amide bonds. The first-order valence-corrected chi connectivity index (χ1v) is 7.62. The number of pyridine rings is 1. The maximum Gasteiger partial charge on any atom is 0.323 e. The average molecular weight is 356 g/mol. The monoisotopic (exact) mass is 355 g/mol. The fourth-order valence-corrected chi connectivity index (χ4v) is 2.63. The summed E-state index contributed by atoms with van der Waals surface area (Å²) < 4.78 is 5.65. The van der Waals surface area contributed by atoms with Crippen LogP contribution in [0.15, 0.2) is 22.8 Å². The van der Waals surface area contributed by atoms with Crippen LogP contribution in [0.2, 0.25) is 0 Å². The van der Waals surface area contributed by atoms with Crippen molar-refractivity contribution in [1.29, 1.82) is 0 Å². The van der Waals surface area contributed by atoms with Gasteiger partial charge in [0.2, 0.25) is 5.91 Å². The highest BCUT2D eigenvalue weighted by Gasteiger charge is 2.30. The molecule has 1 N–H and O–H groups in total. The van der Waals surface area contributed by atoms with Crippen LogP contribution >= 0.6 is 15.9 Å². The van der Waals surface area contributed by atoms with E-state index in [2.05, 4.69) is 26.2 Å². The van der Waals surface area contributed by atoms with Crippen molar-refractivity contribution in [3.8, 4) is 0 Å². The Morgan fingerprint density at radius 2 is 2.29 bits per heavy atom. The number of hydrogen-bond acceptors (Lipinski definition) is 5. The van der Waals surface area contributed by atoms with Crippen molar-refractivity contribution >= 4 is 33.6 Å². The molecule has 1 aromatic rings. The molecular formula is C14H18BrN3O3. The lowest BCUT2D eigenvalue weighted by atomic mass is 10.0. The molecule has 1 aromatic heterocycles. The maximum atomic E-state index is 12.1. The Balaban J connectivity index is 1.93. The molecule has 2 heterocycles. The zero-order valence-electron chi connectivity index (χ0n) is 11.8. The van der Waals surface area contributed by atoms with E-state index in [1.165, 1.54) is 7.11 Å². The van der Waals surface area contributed by atoms with Gasteiger partial charge in [0.1, 0.15) is 11.9 Å². The van der Waals surface area contributed by atoms with Crippen molar-refractivity contribution in [3.05, 3.63) is 22.8 Å². The number of piperidine rings is 1. The number of amides is 1. The molecule has 0 spiro atoms. The molecule has 114 valence electrons. The quantitative estimate of drug-likeness (QED) is 0.834. The number of likely N-dealkylation sites (tertiary alicyclic amines) is 1. The lowest BCUT2D eigenvalue weighted by molar-refractivity contribution is -0.148. The fraction of sp³-hybridized carbons (Fsp3) is 0.500. The second-order valence-corrected chi connectivity index (χ2v) is 5.83. The Bertz CT molecular complexity index is 507. The predicted octanol–water partition coefficient (Wildman–Crippen LogP) is 1.81. The Kier molecular flexibility index (Phi) is 5.69. The standard InChI is InChI=1S/C14H18BrN3O3/c1-21-14(20)11-4-2-3-7-18(11)9-13(19)17-12-6-5-10(15)8-16-12/h5-6,8,11H,2-4,7,9H2,1H3,(H,16,17,19). The lowest BCUT2D eigenvalue weighted by Crippen LogP contribution is -2.48. The number of esters is 1. The average Bonchev–Trinajstić information content (AvgIpc) is 2.49. The number of hydrogen-bond donors (Lipinski definition) is 1. The SMILES string of the molecule is COC(=O)C1CCCCN1CC(=O)Nc1ccc(Br)cn1. The minimum absolute atomic E-state index is 0.164. The van der Waals surface area contributed by atoms with Crippen molar-refractivity contribution < 1.29 is 14.3 Å². The van der Waals surface area contributed by atoms with Gasteiger partial charge in [0, 0.05) is 10.7 Å². The van der Waals surface area contributed by atoms with E-state index in [0.29, 0.717) is 5.82 Å². The molecule has 21 heavy (non-hydrogen) atoms. The summed E-state index contributed by atoms with van der Waals surface area (Å²) in [5.41, 5.74) is 0. The van der Waals surface area contributed by atoms with E-state index < -0.39 is 0 Å². The molecule has 1 atom stereocenters. The number of carbonyl (C=O) groups is 2. The van der Waals surface area contributed by atoms with Gasteiger partial charge in [-0.1, -0.05) is 6.42 Å². The molecule has 0 aromatic carbocycles. The summed E-state index contributed by atoms with van der Waals surface area (Å²) in [7, 11) is 1.38. The van der Waals surface area contributed by atoms with Gasteiger partial charge in [-0.15, -0.1) is 0 Å². The molecule has 7 heteroatoms. The number of carbonyl (C=O) groups excluding carboxylic acids is 2. The van der Waals surface area contributed by atoms with Gasteiger partial charge in [-0.25, -0.2) is 4.98 Å². The third-order valence-corrected chi connectivity index (χ3v) is 3.90. The number of nitrogens with one attached hydrogen (secondary N) is 1. The van der Waals surface area contributed by atoms with E-state index in [-0.39, 0.29) is 24.5 Å². The first-order valence-electron chi connectivity index (χ1n) is 6.83. The Morgan fingerprint density at radius 3 is 2.95 bits per heavy atom. The molecule has 1 aliphatic rings. The Morgan fingerprint density at radius 1 is 1.48 bits per heavy atom. The van der Waals surface area contributed by atoms with Crippen LogP contribution in [0.4, 0.5) is 5.82 Å². The van der Waals surface area contributed by atoms with E-state index in [0.717, 1.165) is 30.3 Å². The number of aromatic nitrogens is 1. The highest BCUT2D eigenvalue weighted by molar-refractivity contribution is 9.10. The van der Waals surface area contributed by atoms with Crippen molar-refractivity contribution in [2.45, 2.75) is 25.3 Å². The van der Waals surface area contributed by atoms with Gasteiger partial charge >= 0.3 is 5.97 Å². The van der Waals surface area contributed by atoms with Gasteiger partial charge in [0.05, 0.1) is 13.7 Å². The van der Waals surface area contributed by atoms with Crippen LogP contribution in [0, 0.1) is 0 Å². The van der Waals surface area contributed by atoms with Crippen LogP contribution in [-0.2, 0) is 14.3 Å². The summed E-state index contributed by atoms with van der Waals surface area (Å²) >= 11 is 3.29. The molecule has 1 unspecified atom stereocenters. The van der Waals surface area contributed by atoms with Gasteiger partial charge in [0.25, 0.3) is 0 Å². The second kappa shape index (κ2) is 7.51. The normalized spacial score (nSPS) is 19.0. The van der Waals surface area contributed by atoms with Crippen LogP contribution in [0.5, 0.6) is 0 Å². The van der Waals surface area contributed by atoms with E-state index in [4.69, 9.17) is 4.74 Å². The van der Waals surface area contributed by atoms with Crippen molar-refractivity contribution in [3.63, 3.8) is 0 Å². The van der Waals surface area contributed by atoms with E-state index in [1.807, 2.05) is 4.90 Å².